The molecule has 0 spiro atoms. The van der Waals surface area contributed by atoms with Crippen LogP contribution < -0.4 is 14.8 Å². The van der Waals surface area contributed by atoms with Crippen LogP contribution in [0.2, 0.25) is 0 Å². The smallest absolute Gasteiger partial charge is 0.490 e. The van der Waals surface area contributed by atoms with E-state index in [0.29, 0.717) is 22.7 Å². The molecule has 0 bridgehead atoms. The number of carboxylic acids is 2. The Morgan fingerprint density at radius 1 is 0.957 bits per heavy atom. The number of likely N-dealkylation sites (tertiary alicyclic amines) is 1. The Hall–Kier alpha value is -4.84. The van der Waals surface area contributed by atoms with Gasteiger partial charge in [-0.2, -0.15) is 31.4 Å². The summed E-state index contributed by atoms with van der Waals surface area (Å²) in [5, 5.41) is 34.5. The summed E-state index contributed by atoms with van der Waals surface area (Å²) in [5.74, 6) is -4.81. The molecule has 4 rings (SSSR count). The molecule has 2 heterocycles. The normalized spacial score (nSPS) is 14.5. The molecule has 1 aliphatic heterocycles. The maximum Gasteiger partial charge on any atom is 0.490 e. The number of amides is 1. The number of H-pyrrole nitrogens is 1. The van der Waals surface area contributed by atoms with Gasteiger partial charge in [-0.1, -0.05) is 18.2 Å². The number of carboxylic acid groups (broad SMARTS) is 2. The van der Waals surface area contributed by atoms with E-state index >= 15 is 0 Å². The zero-order valence-corrected chi connectivity index (χ0v) is 24.2. The highest BCUT2D eigenvalue weighted by atomic mass is 19.4. The highest BCUT2D eigenvalue weighted by molar-refractivity contribution is 5.96. The summed E-state index contributed by atoms with van der Waals surface area (Å²) in [6, 6.07) is 12.3. The molecule has 18 heteroatoms. The number of halogens is 6. The molecule has 46 heavy (non-hydrogen) atoms. The summed E-state index contributed by atoms with van der Waals surface area (Å²) in [4.78, 5) is 32.9. The molecule has 1 aliphatic rings. The average Bonchev–Trinajstić information content (AvgIpc) is 3.54. The van der Waals surface area contributed by atoms with Gasteiger partial charge in [0.05, 0.1) is 19.0 Å². The molecule has 252 valence electrons. The monoisotopic (exact) mass is 664 g/mol. The molecule has 2 aromatic carbocycles. The van der Waals surface area contributed by atoms with E-state index in [1.807, 2.05) is 12.1 Å². The van der Waals surface area contributed by atoms with Crippen LogP contribution in [-0.2, 0) is 14.4 Å². The number of piperidine rings is 1. The summed E-state index contributed by atoms with van der Waals surface area (Å²) in [6.07, 6.45) is -6.05. The van der Waals surface area contributed by atoms with Gasteiger partial charge in [0.25, 0.3) is 5.91 Å². The van der Waals surface area contributed by atoms with Crippen molar-refractivity contribution in [1.82, 2.24) is 15.1 Å². The van der Waals surface area contributed by atoms with Crippen LogP contribution in [0.15, 0.2) is 54.9 Å². The predicted octanol–water partition coefficient (Wildman–Crippen LogP) is 4.50. The van der Waals surface area contributed by atoms with Crippen molar-refractivity contribution < 1.29 is 65.5 Å². The van der Waals surface area contributed by atoms with Crippen LogP contribution in [0.25, 0.3) is 11.1 Å². The molecule has 0 radical (unpaired) electrons. The maximum absolute atomic E-state index is 12.8. The molecule has 1 atom stereocenters. The lowest BCUT2D eigenvalue weighted by Gasteiger charge is -2.30. The lowest BCUT2D eigenvalue weighted by atomic mass is 10.1. The van der Waals surface area contributed by atoms with Crippen molar-refractivity contribution in [2.75, 3.05) is 32.6 Å². The van der Waals surface area contributed by atoms with Gasteiger partial charge in [-0.15, -0.1) is 0 Å². The third-order valence-electron chi connectivity index (χ3n) is 6.20. The van der Waals surface area contributed by atoms with Crippen LogP contribution in [0, 0.1) is 0 Å². The van der Waals surface area contributed by atoms with Gasteiger partial charge in [0, 0.05) is 24.8 Å². The summed E-state index contributed by atoms with van der Waals surface area (Å²) >= 11 is 0. The van der Waals surface area contributed by atoms with Crippen molar-refractivity contribution in [2.45, 2.75) is 37.4 Å². The van der Waals surface area contributed by atoms with Gasteiger partial charge in [-0.25, -0.2) is 9.59 Å². The number of methoxy groups -OCH3 is 1. The molecule has 0 saturated carbocycles. The highest BCUT2D eigenvalue weighted by Gasteiger charge is 2.38. The third kappa shape index (κ3) is 11.9. The Labute approximate surface area is 257 Å². The van der Waals surface area contributed by atoms with Crippen LogP contribution >= 0.6 is 0 Å². The number of carbonyl (C=O) groups is 3. The Balaban J connectivity index is 0.000000440. The summed E-state index contributed by atoms with van der Waals surface area (Å²) in [6.45, 7) is 1.92. The van der Waals surface area contributed by atoms with Gasteiger partial charge in [0.15, 0.2) is 6.10 Å². The molecule has 1 fully saturated rings. The zero-order valence-electron chi connectivity index (χ0n) is 24.2. The van der Waals surface area contributed by atoms with Crippen molar-refractivity contribution in [2.24, 2.45) is 0 Å². The topological polar surface area (TPSA) is 174 Å². The molecule has 12 nitrogen and oxygen atoms in total. The molecule has 0 aliphatic carbocycles. The first-order valence-electron chi connectivity index (χ1n) is 13.1. The first-order valence-corrected chi connectivity index (χ1v) is 13.1. The fourth-order valence-corrected chi connectivity index (χ4v) is 3.73. The van der Waals surface area contributed by atoms with Crippen LogP contribution in [-0.4, -0.2) is 94.0 Å². The number of anilines is 1. The van der Waals surface area contributed by atoms with E-state index in [1.165, 1.54) is 0 Å². The van der Waals surface area contributed by atoms with E-state index in [-0.39, 0.29) is 6.10 Å². The summed E-state index contributed by atoms with van der Waals surface area (Å²) in [7, 11) is 3.67. The first-order chi connectivity index (χ1) is 21.4. The largest absolute Gasteiger partial charge is 0.497 e. The molecular formula is C28H30F6N4O8. The minimum Gasteiger partial charge on any atom is -0.497 e. The van der Waals surface area contributed by atoms with E-state index < -0.39 is 36.3 Å². The Morgan fingerprint density at radius 3 is 1.96 bits per heavy atom. The second kappa shape index (κ2) is 16.5. The van der Waals surface area contributed by atoms with Crippen molar-refractivity contribution in [1.29, 1.82) is 0 Å². The van der Waals surface area contributed by atoms with Gasteiger partial charge in [0.2, 0.25) is 0 Å². The van der Waals surface area contributed by atoms with Gasteiger partial charge < -0.3 is 35.0 Å². The lowest BCUT2D eigenvalue weighted by Crippen LogP contribution is -2.35. The number of benzene rings is 2. The first kappa shape index (κ1) is 37.3. The molecule has 1 amide bonds. The van der Waals surface area contributed by atoms with Crippen LogP contribution in [0.1, 0.15) is 24.5 Å². The zero-order chi connectivity index (χ0) is 34.7. The predicted molar refractivity (Wildman–Crippen MR) is 149 cm³/mol. The molecule has 1 unspecified atom stereocenters. The number of aliphatic hydroxyl groups excluding tert-OH is 1. The summed E-state index contributed by atoms with van der Waals surface area (Å²) < 4.78 is 74.9. The minimum atomic E-state index is -5.08. The Kier molecular flexibility index (Phi) is 13.4. The van der Waals surface area contributed by atoms with Crippen molar-refractivity contribution in [3.63, 3.8) is 0 Å². The van der Waals surface area contributed by atoms with E-state index in [0.717, 1.165) is 37.1 Å². The van der Waals surface area contributed by atoms with Crippen molar-refractivity contribution in [3.05, 3.63) is 60.4 Å². The van der Waals surface area contributed by atoms with E-state index in [2.05, 4.69) is 27.5 Å². The second-order valence-corrected chi connectivity index (χ2v) is 9.59. The molecule has 1 aromatic heterocycles. The Bertz CT molecular complexity index is 1400. The number of ether oxygens (including phenoxy) is 2. The molecule has 5 N–H and O–H groups in total. The number of hydrogen-bond acceptors (Lipinski definition) is 8. The number of aromatic nitrogens is 2. The van der Waals surface area contributed by atoms with E-state index in [9.17, 15) is 36.2 Å². The van der Waals surface area contributed by atoms with Gasteiger partial charge >= 0.3 is 24.3 Å². The van der Waals surface area contributed by atoms with Crippen LogP contribution in [0.5, 0.6) is 11.5 Å². The SMILES string of the molecule is COc1ccc(C(O)C(=O)Nc2ccc(-c3cn[nH]c3)cc2OC2CCN(C)CC2)cc1.O=C(O)C(F)(F)F.O=C(O)C(F)(F)F. The minimum absolute atomic E-state index is 0.0629. The van der Waals surface area contributed by atoms with E-state index in [1.54, 1.807) is 49.8 Å². The number of alkyl halides is 6. The van der Waals surface area contributed by atoms with Gasteiger partial charge in [-0.3, -0.25) is 9.89 Å². The quantitative estimate of drug-likeness (QED) is 0.226. The number of carbonyl (C=O) groups excluding carboxylic acids is 1. The number of hydrogen-bond donors (Lipinski definition) is 5. The number of aliphatic hydroxyl groups is 1. The lowest BCUT2D eigenvalue weighted by molar-refractivity contribution is -0.193. The number of rotatable bonds is 7. The second-order valence-electron chi connectivity index (χ2n) is 9.59. The highest BCUT2D eigenvalue weighted by Crippen LogP contribution is 2.33. The summed E-state index contributed by atoms with van der Waals surface area (Å²) in [5.41, 5.74) is 2.86. The fourth-order valence-electron chi connectivity index (χ4n) is 3.73. The van der Waals surface area contributed by atoms with Crippen LogP contribution in [0.3, 0.4) is 0 Å². The van der Waals surface area contributed by atoms with Gasteiger partial charge in [-0.05, 0) is 55.3 Å². The van der Waals surface area contributed by atoms with Crippen molar-refractivity contribution >= 4 is 23.5 Å². The Morgan fingerprint density at radius 2 is 1.50 bits per heavy atom. The van der Waals surface area contributed by atoms with Gasteiger partial charge in [0.1, 0.15) is 17.6 Å². The molecule has 3 aromatic rings. The maximum atomic E-state index is 12.8. The molecular weight excluding hydrogens is 634 g/mol. The van der Waals surface area contributed by atoms with Crippen molar-refractivity contribution in [3.8, 4) is 22.6 Å². The van der Waals surface area contributed by atoms with Crippen LogP contribution in [0.4, 0.5) is 32.0 Å². The number of aliphatic carboxylic acids is 2. The number of nitrogens with one attached hydrogen (secondary N) is 2. The average molecular weight is 665 g/mol. The number of nitrogens with zero attached hydrogens (tertiary/aromatic N) is 2. The van der Waals surface area contributed by atoms with E-state index in [4.69, 9.17) is 29.3 Å². The fraction of sp³-hybridized carbons (Fsp3) is 0.357. The molecule has 1 saturated heterocycles. The standard InChI is InChI=1S/C24H28N4O4.2C2HF3O2/c1-28-11-9-20(10-12-28)32-22-13-17(18-14-25-26-15-18)5-8-21(22)27-24(30)23(29)16-3-6-19(31-2)7-4-16;2*3-2(4,5)1(6)7/h3-8,13-15,20,23,29H,9-12H2,1-2H3,(H,25,26)(H,27,30);2*(H,6,7). The number of aromatic amines is 1. The third-order valence-corrected chi connectivity index (χ3v) is 6.20.